The second-order valence-corrected chi connectivity index (χ2v) is 8.67. The topological polar surface area (TPSA) is 136 Å². The highest BCUT2D eigenvalue weighted by Crippen LogP contribution is 2.26. The Morgan fingerprint density at radius 1 is 0.921 bits per heavy atom. The number of ether oxygens (including phenoxy) is 2. The van der Waals surface area contributed by atoms with E-state index in [0.717, 1.165) is 11.1 Å². The van der Waals surface area contributed by atoms with Gasteiger partial charge in [-0.05, 0) is 25.3 Å². The van der Waals surface area contributed by atoms with Crippen molar-refractivity contribution in [3.63, 3.8) is 0 Å². The van der Waals surface area contributed by atoms with Gasteiger partial charge in [-0.3, -0.25) is 19.3 Å². The molecule has 38 heavy (non-hydrogen) atoms. The molecule has 0 unspecified atom stereocenters. The molecule has 0 fully saturated rings. The number of aromatic nitrogens is 4. The van der Waals surface area contributed by atoms with Gasteiger partial charge in [0.15, 0.2) is 5.82 Å². The van der Waals surface area contributed by atoms with Gasteiger partial charge in [0, 0.05) is 31.1 Å². The van der Waals surface area contributed by atoms with E-state index in [1.807, 2.05) is 52.0 Å². The fraction of sp³-hybridized carbons (Fsp3) is 0.519. The van der Waals surface area contributed by atoms with Gasteiger partial charge < -0.3 is 14.8 Å². The molecule has 0 saturated heterocycles. The summed E-state index contributed by atoms with van der Waals surface area (Å²) >= 11 is 0. The number of nitrogens with zero attached hydrogens (tertiary/aromatic N) is 5. The molecule has 11 heteroatoms. The second-order valence-electron chi connectivity index (χ2n) is 8.67. The fourth-order valence-electron chi connectivity index (χ4n) is 3.70. The van der Waals surface area contributed by atoms with E-state index in [9.17, 15) is 14.4 Å². The zero-order valence-electron chi connectivity index (χ0n) is 23.1. The monoisotopic (exact) mass is 528 g/mol. The molecule has 3 rings (SSSR count). The first-order valence-electron chi connectivity index (χ1n) is 12.9. The van der Waals surface area contributed by atoms with Crippen LogP contribution in [-0.4, -0.2) is 76.0 Å². The van der Waals surface area contributed by atoms with Crippen molar-refractivity contribution in [2.45, 2.75) is 54.5 Å². The molecule has 0 atom stereocenters. The van der Waals surface area contributed by atoms with E-state index in [4.69, 9.17) is 9.47 Å². The van der Waals surface area contributed by atoms with E-state index >= 15 is 0 Å². The Kier molecular flexibility index (Phi) is 12.6. The third kappa shape index (κ3) is 8.77. The van der Waals surface area contributed by atoms with Crippen LogP contribution in [0.3, 0.4) is 0 Å². The van der Waals surface area contributed by atoms with Crippen molar-refractivity contribution in [3.05, 3.63) is 46.8 Å². The molecular weight excluding hydrogens is 488 g/mol. The minimum absolute atomic E-state index is 0. The first kappa shape index (κ1) is 30.7. The molecule has 1 aromatic carbocycles. The Hall–Kier alpha value is -3.57. The standard InChI is InChI=1S/C25H32N6O5.C2H6.H2/c1-16(2)22-17(3)24(33)31(25(22)34)10-12-36-14-13-35-11-9-21(32)26-15-19-5-7-20(8-6-19)23-29-27-18(4)28-30-23;1-2;/h5-8,16H,9-15H2,1-4H3,(H,26,32);1-2H3;1H. The molecule has 0 spiro atoms. The molecular formula is C27H40N6O5. The van der Waals surface area contributed by atoms with E-state index in [2.05, 4.69) is 25.7 Å². The number of benzene rings is 1. The molecule has 2 aromatic rings. The van der Waals surface area contributed by atoms with Crippen LogP contribution >= 0.6 is 0 Å². The maximum absolute atomic E-state index is 12.4. The molecule has 11 nitrogen and oxygen atoms in total. The third-order valence-electron chi connectivity index (χ3n) is 5.61. The normalized spacial score (nSPS) is 13.2. The number of hydrogen-bond acceptors (Lipinski definition) is 9. The van der Waals surface area contributed by atoms with Crippen molar-refractivity contribution >= 4 is 17.7 Å². The van der Waals surface area contributed by atoms with Crippen molar-refractivity contribution in [1.29, 1.82) is 0 Å². The average molecular weight is 529 g/mol. The van der Waals surface area contributed by atoms with Crippen LogP contribution in [-0.2, 0) is 30.4 Å². The average Bonchev–Trinajstić information content (AvgIpc) is 3.13. The molecule has 2 heterocycles. The molecule has 0 aliphatic carbocycles. The van der Waals surface area contributed by atoms with Crippen LogP contribution < -0.4 is 5.32 Å². The Morgan fingerprint density at radius 3 is 2.11 bits per heavy atom. The number of hydrogen-bond donors (Lipinski definition) is 1. The van der Waals surface area contributed by atoms with Gasteiger partial charge in [-0.25, -0.2) is 0 Å². The SMILES string of the molecule is CC.CC1=C(C(C)C)C(=O)N(CCOCCOCCC(=O)NCc2ccc(-c3nnc(C)nn3)cc2)C1=O.[HH]. The summed E-state index contributed by atoms with van der Waals surface area (Å²) in [4.78, 5) is 37.9. The predicted octanol–water partition coefficient (Wildman–Crippen LogP) is 2.90. The predicted molar refractivity (Wildman–Crippen MR) is 144 cm³/mol. The molecule has 1 aromatic heterocycles. The summed E-state index contributed by atoms with van der Waals surface area (Å²) in [6.07, 6.45) is 0.229. The van der Waals surface area contributed by atoms with Crippen LogP contribution in [0, 0.1) is 12.8 Å². The summed E-state index contributed by atoms with van der Waals surface area (Å²) in [7, 11) is 0. The van der Waals surface area contributed by atoms with Crippen LogP contribution in [0.25, 0.3) is 11.4 Å². The van der Waals surface area contributed by atoms with Gasteiger partial charge in [0.25, 0.3) is 11.8 Å². The zero-order valence-corrected chi connectivity index (χ0v) is 23.1. The molecule has 0 saturated carbocycles. The molecule has 1 aliphatic heterocycles. The largest absolute Gasteiger partial charge is 0.379 e. The maximum Gasteiger partial charge on any atom is 0.257 e. The van der Waals surface area contributed by atoms with Crippen LogP contribution in [0.2, 0.25) is 0 Å². The van der Waals surface area contributed by atoms with Crippen LogP contribution in [0.15, 0.2) is 35.4 Å². The molecule has 208 valence electrons. The highest BCUT2D eigenvalue weighted by atomic mass is 16.5. The third-order valence-corrected chi connectivity index (χ3v) is 5.61. The van der Waals surface area contributed by atoms with Crippen LogP contribution in [0.1, 0.15) is 53.9 Å². The molecule has 0 radical (unpaired) electrons. The first-order chi connectivity index (χ1) is 18.3. The summed E-state index contributed by atoms with van der Waals surface area (Å²) in [5, 5.41) is 18.7. The Morgan fingerprint density at radius 2 is 1.53 bits per heavy atom. The van der Waals surface area contributed by atoms with Gasteiger partial charge in [-0.15, -0.1) is 20.4 Å². The summed E-state index contributed by atoms with van der Waals surface area (Å²) in [6, 6.07) is 7.48. The molecule has 0 bridgehead atoms. The lowest BCUT2D eigenvalue weighted by molar-refractivity contribution is -0.138. The summed E-state index contributed by atoms with van der Waals surface area (Å²) in [6.45, 7) is 12.9. The maximum atomic E-state index is 12.4. The molecule has 1 aliphatic rings. The van der Waals surface area contributed by atoms with Gasteiger partial charge in [0.05, 0.1) is 33.0 Å². The van der Waals surface area contributed by atoms with Gasteiger partial charge >= 0.3 is 0 Å². The minimum atomic E-state index is -0.250. The fourth-order valence-corrected chi connectivity index (χ4v) is 3.70. The van der Waals surface area contributed by atoms with Crippen molar-refractivity contribution < 1.29 is 25.3 Å². The van der Waals surface area contributed by atoms with E-state index in [1.165, 1.54) is 4.90 Å². The Labute approximate surface area is 225 Å². The van der Waals surface area contributed by atoms with E-state index < -0.39 is 0 Å². The van der Waals surface area contributed by atoms with E-state index in [0.29, 0.717) is 42.6 Å². The van der Waals surface area contributed by atoms with Crippen LogP contribution in [0.4, 0.5) is 0 Å². The molecule has 1 N–H and O–H groups in total. The lowest BCUT2D eigenvalue weighted by atomic mass is 10.00. The van der Waals surface area contributed by atoms with Gasteiger partial charge in [0.2, 0.25) is 11.7 Å². The number of imide groups is 1. The lowest BCUT2D eigenvalue weighted by Gasteiger charge is -2.15. The van der Waals surface area contributed by atoms with Gasteiger partial charge in [-0.1, -0.05) is 52.0 Å². The first-order valence-corrected chi connectivity index (χ1v) is 12.9. The van der Waals surface area contributed by atoms with Crippen molar-refractivity contribution in [1.82, 2.24) is 30.6 Å². The van der Waals surface area contributed by atoms with Crippen molar-refractivity contribution in [2.75, 3.05) is 33.0 Å². The number of carbonyl (C=O) groups excluding carboxylic acids is 3. The smallest absolute Gasteiger partial charge is 0.257 e. The Bertz CT molecular complexity index is 1110. The number of rotatable bonds is 13. The number of nitrogens with one attached hydrogen (secondary N) is 1. The van der Waals surface area contributed by atoms with Crippen molar-refractivity contribution in [3.8, 4) is 11.4 Å². The van der Waals surface area contributed by atoms with E-state index in [1.54, 1.807) is 13.8 Å². The number of carbonyl (C=O) groups is 3. The number of amides is 3. The van der Waals surface area contributed by atoms with Gasteiger partial charge in [0.1, 0.15) is 0 Å². The zero-order chi connectivity index (χ0) is 28.1. The summed E-state index contributed by atoms with van der Waals surface area (Å²) in [5.74, 6) is 0.362. The summed E-state index contributed by atoms with van der Waals surface area (Å²) in [5.41, 5.74) is 2.83. The minimum Gasteiger partial charge on any atom is -0.379 e. The number of aryl methyl sites for hydroxylation is 1. The highest BCUT2D eigenvalue weighted by Gasteiger charge is 2.36. The van der Waals surface area contributed by atoms with Crippen LogP contribution in [0.5, 0.6) is 0 Å². The van der Waals surface area contributed by atoms with E-state index in [-0.39, 0.29) is 51.2 Å². The molecule has 3 amide bonds. The summed E-state index contributed by atoms with van der Waals surface area (Å²) < 4.78 is 10.9. The Balaban J connectivity index is 0.00000248. The quantitative estimate of drug-likeness (QED) is 0.307. The van der Waals surface area contributed by atoms with Crippen molar-refractivity contribution in [2.24, 2.45) is 5.92 Å². The second kappa shape index (κ2) is 15.6. The van der Waals surface area contributed by atoms with Gasteiger partial charge in [-0.2, -0.15) is 0 Å². The lowest BCUT2D eigenvalue weighted by Crippen LogP contribution is -2.35. The highest BCUT2D eigenvalue weighted by molar-refractivity contribution is 6.19.